The van der Waals surface area contributed by atoms with Crippen molar-refractivity contribution < 1.29 is 22.1 Å². The van der Waals surface area contributed by atoms with Crippen LogP contribution in [0, 0.1) is 0 Å². The molecule has 1 saturated heterocycles. The van der Waals surface area contributed by atoms with Crippen LogP contribution < -0.4 is 0 Å². The molecule has 0 bridgehead atoms. The number of hydrogen-bond acceptors (Lipinski definition) is 5. The summed E-state index contributed by atoms with van der Waals surface area (Å²) in [7, 11) is -3.47. The Balaban J connectivity index is 2.34. The molecule has 5 nitrogen and oxygen atoms in total. The van der Waals surface area contributed by atoms with Crippen LogP contribution in [0.2, 0.25) is 0 Å². The molecule has 1 rings (SSSR count). The molecule has 1 heterocycles. The van der Waals surface area contributed by atoms with Crippen LogP contribution in [-0.4, -0.2) is 39.8 Å². The second-order valence-corrected chi connectivity index (χ2v) is 15.5. The van der Waals surface area contributed by atoms with E-state index in [1.54, 1.807) is 0 Å². The highest BCUT2D eigenvalue weighted by atomic mass is 32.2. The molecule has 0 spiro atoms. The summed E-state index contributed by atoms with van der Waals surface area (Å²) in [5.41, 5.74) is 0. The zero-order valence-corrected chi connectivity index (χ0v) is 36.0. The zero-order valence-electron chi connectivity index (χ0n) is 35.2. The van der Waals surface area contributed by atoms with Crippen molar-refractivity contribution in [1.82, 2.24) is 0 Å². The number of unbranched alkanes of at least 4 members (excludes halogenated alkanes) is 2. The molecule has 1 aliphatic heterocycles. The van der Waals surface area contributed by atoms with Crippen LogP contribution in [0.1, 0.15) is 136 Å². The number of rotatable bonds is 34. The highest BCUT2D eigenvalue weighted by Gasteiger charge is 2.40. The molecule has 6 heteroatoms. The molecule has 0 aromatic rings. The van der Waals surface area contributed by atoms with Crippen molar-refractivity contribution in [3.05, 3.63) is 146 Å². The van der Waals surface area contributed by atoms with Gasteiger partial charge in [0.1, 0.15) is 0 Å². The van der Waals surface area contributed by atoms with Crippen molar-refractivity contribution in [3.63, 3.8) is 0 Å². The highest BCUT2D eigenvalue weighted by molar-refractivity contribution is 7.85. The van der Waals surface area contributed by atoms with E-state index in [0.717, 1.165) is 122 Å². The SMILES string of the molecule is CC/C=C\C/C=C\C/C=C\C/C=C\C/C=C\C/C=C\CCCC1(CCC/C=C\C/C=C\C/C=C\C/C=C\C/C=C\C/C=C\CC)OCC(CCOS(C)(=O)=O)O1. The fourth-order valence-electron chi connectivity index (χ4n) is 5.73. The van der Waals surface area contributed by atoms with E-state index in [9.17, 15) is 8.42 Å². The van der Waals surface area contributed by atoms with Crippen LogP contribution in [0.5, 0.6) is 0 Å². The molecular weight excluding hydrogens is 713 g/mol. The van der Waals surface area contributed by atoms with Crippen LogP contribution >= 0.6 is 0 Å². The van der Waals surface area contributed by atoms with E-state index >= 15 is 0 Å². The monoisotopic (exact) mass is 789 g/mol. The first-order valence-electron chi connectivity index (χ1n) is 21.4. The van der Waals surface area contributed by atoms with E-state index in [0.29, 0.717) is 13.0 Å². The molecule has 1 fully saturated rings. The van der Waals surface area contributed by atoms with Gasteiger partial charge in [0.2, 0.25) is 0 Å². The molecule has 312 valence electrons. The van der Waals surface area contributed by atoms with Crippen LogP contribution in [0.25, 0.3) is 0 Å². The van der Waals surface area contributed by atoms with Gasteiger partial charge in [-0.05, 0) is 103 Å². The number of ether oxygens (including phenoxy) is 2. The minimum absolute atomic E-state index is 0.111. The minimum atomic E-state index is -3.47. The van der Waals surface area contributed by atoms with Gasteiger partial charge in [0.05, 0.1) is 25.6 Å². The van der Waals surface area contributed by atoms with E-state index in [-0.39, 0.29) is 12.7 Å². The Morgan fingerprint density at radius 1 is 0.500 bits per heavy atom. The highest BCUT2D eigenvalue weighted by Crippen LogP contribution is 2.35. The van der Waals surface area contributed by atoms with Gasteiger partial charge in [-0.3, -0.25) is 4.18 Å². The van der Waals surface area contributed by atoms with Crippen molar-refractivity contribution in [2.45, 2.75) is 148 Å². The van der Waals surface area contributed by atoms with Crippen LogP contribution in [0.15, 0.2) is 146 Å². The quantitative estimate of drug-likeness (QED) is 0.0369. The van der Waals surface area contributed by atoms with Gasteiger partial charge in [-0.25, -0.2) is 0 Å². The van der Waals surface area contributed by atoms with Crippen LogP contribution in [0.3, 0.4) is 0 Å². The van der Waals surface area contributed by atoms with Gasteiger partial charge < -0.3 is 9.47 Å². The topological polar surface area (TPSA) is 61.8 Å². The number of hydrogen-bond donors (Lipinski definition) is 0. The summed E-state index contributed by atoms with van der Waals surface area (Å²) in [5, 5.41) is 0. The van der Waals surface area contributed by atoms with Crippen molar-refractivity contribution in [1.29, 1.82) is 0 Å². The normalized spacial score (nSPS) is 17.4. The minimum Gasteiger partial charge on any atom is -0.347 e. The van der Waals surface area contributed by atoms with E-state index < -0.39 is 15.9 Å². The Labute approximate surface area is 344 Å². The van der Waals surface area contributed by atoms with Crippen LogP contribution in [-0.2, 0) is 23.8 Å². The fourth-order valence-corrected chi connectivity index (χ4v) is 6.13. The lowest BCUT2D eigenvalue weighted by atomic mass is 10.0. The second-order valence-electron chi connectivity index (χ2n) is 13.9. The maximum absolute atomic E-state index is 11.4. The molecule has 1 unspecified atom stereocenters. The average Bonchev–Trinajstić information content (AvgIpc) is 3.58. The van der Waals surface area contributed by atoms with Gasteiger partial charge in [0.15, 0.2) is 5.79 Å². The lowest BCUT2D eigenvalue weighted by Crippen LogP contribution is -2.31. The van der Waals surface area contributed by atoms with Crippen molar-refractivity contribution >= 4 is 10.1 Å². The van der Waals surface area contributed by atoms with E-state index in [2.05, 4.69) is 160 Å². The lowest BCUT2D eigenvalue weighted by Gasteiger charge is -2.28. The van der Waals surface area contributed by atoms with Crippen molar-refractivity contribution in [3.8, 4) is 0 Å². The Hall–Kier alpha value is -3.29. The van der Waals surface area contributed by atoms with E-state index in [1.165, 1.54) is 0 Å². The van der Waals surface area contributed by atoms with Gasteiger partial charge in [-0.2, -0.15) is 8.42 Å². The third-order valence-electron chi connectivity index (χ3n) is 8.70. The third kappa shape index (κ3) is 34.0. The van der Waals surface area contributed by atoms with Crippen LogP contribution in [0.4, 0.5) is 0 Å². The fraction of sp³-hybridized carbons (Fsp3) is 0.520. The summed E-state index contributed by atoms with van der Waals surface area (Å²) >= 11 is 0. The maximum Gasteiger partial charge on any atom is 0.264 e. The van der Waals surface area contributed by atoms with Crippen molar-refractivity contribution in [2.24, 2.45) is 0 Å². The standard InChI is InChI=1S/C50H76O5S/c1-4-6-8-10-12-14-16-18-20-22-24-26-28-30-32-34-36-38-40-42-45-50(53-48-49(55-50)44-47-54-56(3,51)52)46-43-41-39-37-35-33-31-29-27-25-23-21-19-17-15-13-11-9-7-5-2/h6-9,12-15,18-21,24-27,30-33,36-39,49H,4-5,10-11,16-17,22-23,28-29,34-35,40-48H2,1-3H3/b8-6-,9-7-,14-12-,15-13-,20-18-,21-19-,26-24-,27-25-,32-30-,33-31-,38-36-,39-37-. The predicted octanol–water partition coefficient (Wildman–Crippen LogP) is 14.2. The lowest BCUT2D eigenvalue weighted by molar-refractivity contribution is -0.179. The average molecular weight is 789 g/mol. The van der Waals surface area contributed by atoms with E-state index in [1.807, 2.05) is 0 Å². The van der Waals surface area contributed by atoms with Gasteiger partial charge in [0.25, 0.3) is 10.1 Å². The summed E-state index contributed by atoms with van der Waals surface area (Å²) in [6.45, 7) is 4.89. The van der Waals surface area contributed by atoms with Gasteiger partial charge in [0, 0.05) is 19.3 Å². The van der Waals surface area contributed by atoms with Crippen molar-refractivity contribution in [2.75, 3.05) is 19.5 Å². The Morgan fingerprint density at radius 3 is 1.11 bits per heavy atom. The molecule has 0 aliphatic carbocycles. The first kappa shape index (κ1) is 50.7. The Kier molecular flexibility index (Phi) is 33.8. The molecule has 1 atom stereocenters. The number of allylic oxidation sites excluding steroid dienone is 24. The smallest absolute Gasteiger partial charge is 0.264 e. The Bertz CT molecular complexity index is 1330. The molecule has 0 aromatic heterocycles. The van der Waals surface area contributed by atoms with Gasteiger partial charge in [-0.1, -0.05) is 160 Å². The second kappa shape index (κ2) is 37.3. The summed E-state index contributed by atoms with van der Waals surface area (Å²) in [6.07, 6.45) is 72.2. The molecule has 0 aromatic carbocycles. The molecule has 0 N–H and O–H groups in total. The largest absolute Gasteiger partial charge is 0.347 e. The predicted molar refractivity (Wildman–Crippen MR) is 243 cm³/mol. The van der Waals surface area contributed by atoms with E-state index in [4.69, 9.17) is 13.7 Å². The zero-order chi connectivity index (χ0) is 40.5. The maximum atomic E-state index is 11.4. The first-order valence-corrected chi connectivity index (χ1v) is 23.2. The first-order chi connectivity index (χ1) is 27.4. The third-order valence-corrected chi connectivity index (χ3v) is 9.30. The van der Waals surface area contributed by atoms with Gasteiger partial charge >= 0.3 is 0 Å². The summed E-state index contributed by atoms with van der Waals surface area (Å²) < 4.78 is 40.5. The molecule has 0 amide bonds. The molecule has 56 heavy (non-hydrogen) atoms. The molecule has 0 radical (unpaired) electrons. The summed E-state index contributed by atoms with van der Waals surface area (Å²) in [5.74, 6) is -0.620. The Morgan fingerprint density at radius 2 is 0.804 bits per heavy atom. The molecule has 0 saturated carbocycles. The summed E-state index contributed by atoms with van der Waals surface area (Å²) in [4.78, 5) is 0. The summed E-state index contributed by atoms with van der Waals surface area (Å²) in [6, 6.07) is 0. The van der Waals surface area contributed by atoms with Gasteiger partial charge in [-0.15, -0.1) is 0 Å². The molecular formula is C50H76O5S. The molecule has 1 aliphatic rings.